The average molecular weight is 494 g/mol. The normalized spacial score (nSPS) is 11.5. The Morgan fingerprint density at radius 3 is 2.31 bits per heavy atom. The molecule has 3 aromatic heterocycles. The summed E-state index contributed by atoms with van der Waals surface area (Å²) < 4.78 is 63.4. The van der Waals surface area contributed by atoms with Crippen molar-refractivity contribution in [1.29, 1.82) is 0 Å². The molecule has 0 saturated carbocycles. The lowest BCUT2D eigenvalue weighted by atomic mass is 10.2. The maximum atomic E-state index is 14.3. The number of aromatic nitrogens is 4. The Balaban J connectivity index is 1.59. The highest BCUT2D eigenvalue weighted by Crippen LogP contribution is 2.39. The molecule has 0 aliphatic rings. The minimum atomic E-state index is -3.50. The van der Waals surface area contributed by atoms with Crippen LogP contribution in [0, 0.1) is 11.6 Å². The Bertz CT molecular complexity index is 1620. The number of imidazole rings is 1. The van der Waals surface area contributed by atoms with Crippen molar-refractivity contribution in [3.63, 3.8) is 0 Å². The van der Waals surface area contributed by atoms with E-state index in [1.54, 1.807) is 24.4 Å². The van der Waals surface area contributed by atoms with Crippen LogP contribution in [0.4, 0.5) is 8.78 Å². The van der Waals surface area contributed by atoms with Crippen LogP contribution in [0.15, 0.2) is 78.1 Å². The van der Waals surface area contributed by atoms with Crippen LogP contribution in [0.1, 0.15) is 0 Å². The number of fused-ring (bicyclic) bond motifs is 1. The van der Waals surface area contributed by atoms with Gasteiger partial charge in [-0.25, -0.2) is 27.2 Å². The summed E-state index contributed by atoms with van der Waals surface area (Å²) in [6.45, 7) is 0. The van der Waals surface area contributed by atoms with E-state index in [4.69, 9.17) is 9.47 Å². The number of sulfone groups is 1. The second kappa shape index (κ2) is 8.76. The fraction of sp³-hybridized carbons (Fsp3) is 0.0417. The van der Waals surface area contributed by atoms with Gasteiger partial charge in [0.2, 0.25) is 0 Å². The van der Waals surface area contributed by atoms with Gasteiger partial charge in [-0.3, -0.25) is 4.98 Å². The minimum Gasteiger partial charge on any atom is -0.452 e. The quantitative estimate of drug-likeness (QED) is 0.342. The Morgan fingerprint density at radius 2 is 1.66 bits per heavy atom. The summed E-state index contributed by atoms with van der Waals surface area (Å²) in [5, 5.41) is -0.126. The first-order chi connectivity index (χ1) is 16.8. The van der Waals surface area contributed by atoms with E-state index in [1.165, 1.54) is 30.5 Å². The van der Waals surface area contributed by atoms with Crippen LogP contribution in [0.3, 0.4) is 0 Å². The number of hydrogen-bond donors (Lipinski definition) is 1. The molecule has 2 aromatic carbocycles. The molecule has 8 nitrogen and oxygen atoms in total. The fourth-order valence-electron chi connectivity index (χ4n) is 3.26. The van der Waals surface area contributed by atoms with Crippen LogP contribution in [-0.2, 0) is 9.84 Å². The molecule has 0 aliphatic carbocycles. The topological polar surface area (TPSA) is 107 Å². The van der Waals surface area contributed by atoms with E-state index in [0.717, 1.165) is 18.4 Å². The van der Waals surface area contributed by atoms with Gasteiger partial charge in [0.1, 0.15) is 11.4 Å². The van der Waals surface area contributed by atoms with Gasteiger partial charge in [0.05, 0.1) is 17.2 Å². The number of rotatable bonds is 6. The highest BCUT2D eigenvalue weighted by molar-refractivity contribution is 7.90. The summed E-state index contributed by atoms with van der Waals surface area (Å²) in [6, 6.07) is 14.4. The summed E-state index contributed by atoms with van der Waals surface area (Å²) in [7, 11) is -3.50. The Labute approximate surface area is 198 Å². The molecule has 0 amide bonds. The zero-order chi connectivity index (χ0) is 24.6. The first-order valence-electron chi connectivity index (χ1n) is 10.2. The zero-order valence-corrected chi connectivity index (χ0v) is 18.9. The van der Waals surface area contributed by atoms with E-state index in [9.17, 15) is 17.2 Å². The number of ether oxygens (including phenoxy) is 2. The van der Waals surface area contributed by atoms with Crippen molar-refractivity contribution >= 4 is 20.9 Å². The molecule has 35 heavy (non-hydrogen) atoms. The maximum absolute atomic E-state index is 14.3. The molecule has 0 spiro atoms. The van der Waals surface area contributed by atoms with Gasteiger partial charge in [-0.2, -0.15) is 0 Å². The lowest BCUT2D eigenvalue weighted by Crippen LogP contribution is -2.00. The first-order valence-corrected chi connectivity index (χ1v) is 12.1. The molecule has 11 heteroatoms. The monoisotopic (exact) mass is 494 g/mol. The minimum absolute atomic E-state index is 0.0206. The predicted molar refractivity (Wildman–Crippen MR) is 123 cm³/mol. The van der Waals surface area contributed by atoms with E-state index in [1.807, 2.05) is 6.07 Å². The molecule has 176 valence electrons. The molecule has 0 aliphatic heterocycles. The summed E-state index contributed by atoms with van der Waals surface area (Å²) in [6.07, 6.45) is 3.89. The molecule has 0 bridgehead atoms. The lowest BCUT2D eigenvalue weighted by Gasteiger charge is -2.13. The number of aromatic amines is 1. The molecular weight excluding hydrogens is 478 g/mol. The summed E-state index contributed by atoms with van der Waals surface area (Å²) in [5.74, 6) is -1.68. The summed E-state index contributed by atoms with van der Waals surface area (Å²) >= 11 is 0. The van der Waals surface area contributed by atoms with Gasteiger partial charge in [-0.05, 0) is 36.4 Å². The van der Waals surface area contributed by atoms with Crippen molar-refractivity contribution in [3.05, 3.63) is 84.7 Å². The van der Waals surface area contributed by atoms with Crippen LogP contribution in [0.2, 0.25) is 0 Å². The van der Waals surface area contributed by atoms with Gasteiger partial charge in [-0.1, -0.05) is 12.1 Å². The van der Waals surface area contributed by atoms with Gasteiger partial charge in [0.15, 0.2) is 49.6 Å². The third-order valence-electron chi connectivity index (χ3n) is 4.90. The number of nitrogens with one attached hydrogen (secondary N) is 1. The fourth-order valence-corrected chi connectivity index (χ4v) is 3.82. The highest BCUT2D eigenvalue weighted by Gasteiger charge is 2.18. The number of nitrogens with zero attached hydrogens (tertiary/aromatic N) is 3. The van der Waals surface area contributed by atoms with Crippen LogP contribution in [0.5, 0.6) is 23.0 Å². The average Bonchev–Trinajstić information content (AvgIpc) is 3.25. The van der Waals surface area contributed by atoms with Crippen molar-refractivity contribution in [1.82, 2.24) is 19.9 Å². The van der Waals surface area contributed by atoms with Gasteiger partial charge in [0, 0.05) is 24.6 Å². The first kappa shape index (κ1) is 22.4. The van der Waals surface area contributed by atoms with E-state index in [-0.39, 0.29) is 22.3 Å². The predicted octanol–water partition coefficient (Wildman–Crippen LogP) is 5.29. The summed E-state index contributed by atoms with van der Waals surface area (Å²) in [5.41, 5.74) is 1.58. The maximum Gasteiger partial charge on any atom is 0.198 e. The molecular formula is C24H16F2N4O4S. The van der Waals surface area contributed by atoms with Crippen molar-refractivity contribution in [2.24, 2.45) is 0 Å². The van der Waals surface area contributed by atoms with Gasteiger partial charge >= 0.3 is 0 Å². The second-order valence-electron chi connectivity index (χ2n) is 7.48. The van der Waals surface area contributed by atoms with Crippen molar-refractivity contribution in [2.45, 2.75) is 5.03 Å². The molecule has 5 aromatic rings. The largest absolute Gasteiger partial charge is 0.452 e. The van der Waals surface area contributed by atoms with Gasteiger partial charge < -0.3 is 14.5 Å². The van der Waals surface area contributed by atoms with E-state index in [0.29, 0.717) is 22.6 Å². The van der Waals surface area contributed by atoms with E-state index >= 15 is 0 Å². The molecule has 5 rings (SSSR count). The number of para-hydroxylation sites is 1. The molecule has 0 saturated heterocycles. The van der Waals surface area contributed by atoms with Crippen LogP contribution >= 0.6 is 0 Å². The SMILES string of the molecule is CS(=O)(=O)c1ccc(Oc2cc3[nH]c(-c4ccccn4)nc3cc2Oc2c(F)cccc2F)cn1. The summed E-state index contributed by atoms with van der Waals surface area (Å²) in [4.78, 5) is 15.8. The molecule has 0 atom stereocenters. The van der Waals surface area contributed by atoms with Crippen LogP contribution in [0.25, 0.3) is 22.6 Å². The number of benzene rings is 2. The third kappa shape index (κ3) is 4.66. The Morgan fingerprint density at radius 1 is 0.886 bits per heavy atom. The Hall–Kier alpha value is -4.38. The number of pyridine rings is 2. The molecule has 3 heterocycles. The molecule has 0 radical (unpaired) electrons. The molecule has 1 N–H and O–H groups in total. The smallest absolute Gasteiger partial charge is 0.198 e. The number of H-pyrrole nitrogens is 1. The standard InChI is InChI=1S/C24H16F2N4O4S/c1-35(31,32)22-9-8-14(13-28-22)33-20-11-18-19(30-24(29-18)17-7-2-3-10-27-17)12-21(20)34-23-15(25)5-4-6-16(23)26/h2-13H,1H3,(H,29,30). The second-order valence-corrected chi connectivity index (χ2v) is 9.44. The van der Waals surface area contributed by atoms with Crippen molar-refractivity contribution < 1.29 is 26.7 Å². The van der Waals surface area contributed by atoms with E-state index < -0.39 is 27.2 Å². The van der Waals surface area contributed by atoms with E-state index in [2.05, 4.69) is 19.9 Å². The molecule has 0 unspecified atom stereocenters. The Kier molecular flexibility index (Phi) is 5.61. The van der Waals surface area contributed by atoms with Crippen LogP contribution in [-0.4, -0.2) is 34.6 Å². The van der Waals surface area contributed by atoms with Gasteiger partial charge in [-0.15, -0.1) is 0 Å². The molecule has 0 fully saturated rings. The lowest BCUT2D eigenvalue weighted by molar-refractivity contribution is 0.381. The van der Waals surface area contributed by atoms with Gasteiger partial charge in [0.25, 0.3) is 0 Å². The van der Waals surface area contributed by atoms with Crippen molar-refractivity contribution in [2.75, 3.05) is 6.26 Å². The number of halogens is 2. The van der Waals surface area contributed by atoms with Crippen molar-refractivity contribution in [3.8, 4) is 34.5 Å². The zero-order valence-electron chi connectivity index (χ0n) is 18.1. The third-order valence-corrected chi connectivity index (χ3v) is 5.90. The highest BCUT2D eigenvalue weighted by atomic mass is 32.2. The van der Waals surface area contributed by atoms with Crippen LogP contribution < -0.4 is 9.47 Å². The number of hydrogen-bond acceptors (Lipinski definition) is 7.